The number of carbonyl (C=O) groups is 1. The van der Waals surface area contributed by atoms with Gasteiger partial charge in [0.1, 0.15) is 0 Å². The minimum atomic E-state index is -0.592. The van der Waals surface area contributed by atoms with Crippen LogP contribution in [-0.4, -0.2) is 28.2 Å². The van der Waals surface area contributed by atoms with Gasteiger partial charge in [-0.3, -0.25) is 4.79 Å². The normalized spacial score (nSPS) is 49.2. The standard InChI is InChI=1S/C22H34O3/c1-20-10-6-16(24)14-15(20)4-5-17-18(20)7-11-21(2)19(17)8-12-22(21,25)9-3-13-23/h14,17-19,23,25H,3-13H2,1-2H3. The summed E-state index contributed by atoms with van der Waals surface area (Å²) in [6, 6.07) is 0. The molecule has 0 bridgehead atoms. The van der Waals surface area contributed by atoms with Crippen LogP contribution in [0.4, 0.5) is 0 Å². The number of hydrogen-bond acceptors (Lipinski definition) is 3. The molecule has 0 aromatic heterocycles. The predicted octanol–water partition coefficient (Wildman–Crippen LogP) is 4.02. The van der Waals surface area contributed by atoms with Crippen molar-refractivity contribution in [3.05, 3.63) is 11.6 Å². The number of carbonyl (C=O) groups excluding carboxylic acids is 1. The number of hydrogen-bond donors (Lipinski definition) is 2. The lowest BCUT2D eigenvalue weighted by Gasteiger charge is -2.59. The van der Waals surface area contributed by atoms with Gasteiger partial charge in [0.15, 0.2) is 5.78 Å². The Morgan fingerprint density at radius 2 is 1.84 bits per heavy atom. The molecule has 3 heteroatoms. The monoisotopic (exact) mass is 346 g/mol. The van der Waals surface area contributed by atoms with Crippen molar-refractivity contribution in [1.29, 1.82) is 0 Å². The molecular weight excluding hydrogens is 312 g/mol. The van der Waals surface area contributed by atoms with Gasteiger partial charge in [0.05, 0.1) is 5.60 Å². The lowest BCUT2D eigenvalue weighted by atomic mass is 9.46. The van der Waals surface area contributed by atoms with Gasteiger partial charge in [-0.1, -0.05) is 19.4 Å². The number of aliphatic hydroxyl groups is 2. The number of aliphatic hydroxyl groups excluding tert-OH is 1. The van der Waals surface area contributed by atoms with Crippen LogP contribution in [0.2, 0.25) is 0 Å². The molecule has 0 aromatic carbocycles. The summed E-state index contributed by atoms with van der Waals surface area (Å²) in [4.78, 5) is 11.9. The van der Waals surface area contributed by atoms with Crippen molar-refractivity contribution in [2.75, 3.05) is 6.61 Å². The molecule has 0 spiro atoms. The molecule has 4 rings (SSSR count). The lowest BCUT2D eigenvalue weighted by molar-refractivity contribution is -0.133. The molecule has 140 valence electrons. The van der Waals surface area contributed by atoms with Crippen LogP contribution < -0.4 is 0 Å². The first-order valence-corrected chi connectivity index (χ1v) is 10.4. The second-order valence-electron chi connectivity index (χ2n) is 9.82. The van der Waals surface area contributed by atoms with Crippen LogP contribution in [0.1, 0.15) is 78.1 Å². The second kappa shape index (κ2) is 5.92. The number of rotatable bonds is 3. The van der Waals surface area contributed by atoms with E-state index < -0.39 is 5.60 Å². The fourth-order valence-corrected chi connectivity index (χ4v) is 7.45. The zero-order chi connectivity index (χ0) is 17.9. The fourth-order valence-electron chi connectivity index (χ4n) is 7.45. The van der Waals surface area contributed by atoms with Gasteiger partial charge in [-0.25, -0.2) is 0 Å². The summed E-state index contributed by atoms with van der Waals surface area (Å²) < 4.78 is 0. The van der Waals surface area contributed by atoms with E-state index in [0.29, 0.717) is 36.4 Å². The van der Waals surface area contributed by atoms with E-state index in [1.54, 1.807) is 0 Å². The highest BCUT2D eigenvalue weighted by Gasteiger charge is 2.63. The van der Waals surface area contributed by atoms with Crippen LogP contribution in [0.15, 0.2) is 11.6 Å². The van der Waals surface area contributed by atoms with E-state index in [4.69, 9.17) is 0 Å². The van der Waals surface area contributed by atoms with Crippen LogP contribution in [0.5, 0.6) is 0 Å². The molecule has 3 fully saturated rings. The average molecular weight is 347 g/mol. The average Bonchev–Trinajstić information content (AvgIpc) is 2.85. The van der Waals surface area contributed by atoms with Crippen molar-refractivity contribution in [3.8, 4) is 0 Å². The summed E-state index contributed by atoms with van der Waals surface area (Å²) in [7, 11) is 0. The maximum atomic E-state index is 11.9. The zero-order valence-electron chi connectivity index (χ0n) is 15.9. The van der Waals surface area contributed by atoms with E-state index in [-0.39, 0.29) is 17.4 Å². The third-order valence-corrected chi connectivity index (χ3v) is 9.03. The van der Waals surface area contributed by atoms with Gasteiger partial charge in [-0.2, -0.15) is 0 Å². The van der Waals surface area contributed by atoms with Gasteiger partial charge in [0.2, 0.25) is 0 Å². The minimum absolute atomic E-state index is 0.00536. The minimum Gasteiger partial charge on any atom is -0.396 e. The Hall–Kier alpha value is -0.670. The molecule has 4 aliphatic rings. The Kier molecular flexibility index (Phi) is 4.20. The van der Waals surface area contributed by atoms with Crippen LogP contribution in [-0.2, 0) is 4.79 Å². The van der Waals surface area contributed by atoms with Crippen molar-refractivity contribution in [1.82, 2.24) is 0 Å². The largest absolute Gasteiger partial charge is 0.396 e. The molecule has 0 amide bonds. The van der Waals surface area contributed by atoms with Crippen molar-refractivity contribution >= 4 is 5.78 Å². The first-order valence-electron chi connectivity index (χ1n) is 10.4. The van der Waals surface area contributed by atoms with Crippen LogP contribution in [0, 0.1) is 28.6 Å². The summed E-state index contributed by atoms with van der Waals surface area (Å²) in [5.41, 5.74) is 1.04. The van der Waals surface area contributed by atoms with Gasteiger partial charge >= 0.3 is 0 Å². The van der Waals surface area contributed by atoms with Crippen LogP contribution in [0.3, 0.4) is 0 Å². The quantitative estimate of drug-likeness (QED) is 0.811. The van der Waals surface area contributed by atoms with E-state index in [0.717, 1.165) is 38.5 Å². The Balaban J connectivity index is 1.62. The van der Waals surface area contributed by atoms with Crippen molar-refractivity contribution in [3.63, 3.8) is 0 Å². The Morgan fingerprint density at radius 1 is 1.08 bits per heavy atom. The topological polar surface area (TPSA) is 57.5 Å². The van der Waals surface area contributed by atoms with Gasteiger partial charge in [-0.15, -0.1) is 0 Å². The molecule has 0 saturated heterocycles. The Labute approximate surface area is 151 Å². The third-order valence-electron chi connectivity index (χ3n) is 9.03. The van der Waals surface area contributed by atoms with Crippen LogP contribution >= 0.6 is 0 Å². The maximum Gasteiger partial charge on any atom is 0.155 e. The molecule has 0 aliphatic heterocycles. The van der Waals surface area contributed by atoms with Gasteiger partial charge in [0, 0.05) is 13.0 Å². The van der Waals surface area contributed by atoms with Gasteiger partial charge in [-0.05, 0) is 92.4 Å². The fraction of sp³-hybridized carbons (Fsp3) is 0.864. The highest BCUT2D eigenvalue weighted by Crippen LogP contribution is 2.68. The third kappa shape index (κ3) is 2.41. The predicted molar refractivity (Wildman–Crippen MR) is 98.0 cm³/mol. The van der Waals surface area contributed by atoms with E-state index in [1.165, 1.54) is 18.4 Å². The molecule has 3 saturated carbocycles. The van der Waals surface area contributed by atoms with Crippen molar-refractivity contribution in [2.24, 2.45) is 28.6 Å². The zero-order valence-corrected chi connectivity index (χ0v) is 15.9. The molecule has 0 heterocycles. The Bertz CT molecular complexity index is 596. The van der Waals surface area contributed by atoms with E-state index in [9.17, 15) is 15.0 Å². The molecule has 6 unspecified atom stereocenters. The summed E-state index contributed by atoms with van der Waals surface area (Å²) in [5.74, 6) is 2.30. The molecular formula is C22H34O3. The highest BCUT2D eigenvalue weighted by atomic mass is 16.3. The Morgan fingerprint density at radius 3 is 2.60 bits per heavy atom. The second-order valence-corrected chi connectivity index (χ2v) is 9.82. The first kappa shape index (κ1) is 17.7. The van der Waals surface area contributed by atoms with Gasteiger partial charge in [0.25, 0.3) is 0 Å². The summed E-state index contributed by atoms with van der Waals surface area (Å²) in [6.45, 7) is 4.92. The first-order chi connectivity index (χ1) is 11.8. The number of ketones is 1. The molecule has 3 nitrogen and oxygen atoms in total. The lowest BCUT2D eigenvalue weighted by Crippen LogP contribution is -2.54. The smallest absolute Gasteiger partial charge is 0.155 e. The maximum absolute atomic E-state index is 11.9. The summed E-state index contributed by atoms with van der Waals surface area (Å²) in [6.07, 6.45) is 11.7. The highest BCUT2D eigenvalue weighted by molar-refractivity contribution is 5.91. The molecule has 0 aromatic rings. The number of fused-ring (bicyclic) bond motifs is 5. The van der Waals surface area contributed by atoms with Crippen LogP contribution in [0.25, 0.3) is 0 Å². The number of allylic oxidation sites excluding steroid dienone is 1. The summed E-state index contributed by atoms with van der Waals surface area (Å²) in [5, 5.41) is 20.7. The van der Waals surface area contributed by atoms with Crippen molar-refractivity contribution in [2.45, 2.75) is 83.7 Å². The molecule has 0 radical (unpaired) electrons. The SMILES string of the molecule is CC12CCC(=O)C=C1CCC1C2CCC2(C)C1CCC2(O)CCCO. The molecule has 6 atom stereocenters. The van der Waals surface area contributed by atoms with Gasteiger partial charge < -0.3 is 10.2 Å². The molecule has 4 aliphatic carbocycles. The van der Waals surface area contributed by atoms with E-state index in [2.05, 4.69) is 13.8 Å². The molecule has 25 heavy (non-hydrogen) atoms. The van der Waals surface area contributed by atoms with Crippen molar-refractivity contribution < 1.29 is 15.0 Å². The molecule has 2 N–H and O–H groups in total. The van der Waals surface area contributed by atoms with E-state index >= 15 is 0 Å². The van der Waals surface area contributed by atoms with E-state index in [1.807, 2.05) is 6.08 Å². The summed E-state index contributed by atoms with van der Waals surface area (Å²) >= 11 is 0.